The number of carboxylic acids is 2. The summed E-state index contributed by atoms with van der Waals surface area (Å²) in [7, 11) is 0. The lowest BCUT2D eigenvalue weighted by Crippen LogP contribution is -2.15. The summed E-state index contributed by atoms with van der Waals surface area (Å²) in [5.41, 5.74) is 1.83. The highest BCUT2D eigenvalue weighted by molar-refractivity contribution is 6.00. The van der Waals surface area contributed by atoms with Crippen molar-refractivity contribution in [2.45, 2.75) is 65.7 Å². The zero-order valence-corrected chi connectivity index (χ0v) is 16.5. The summed E-state index contributed by atoms with van der Waals surface area (Å²) in [6.45, 7) is 6.06. The lowest BCUT2D eigenvalue weighted by Gasteiger charge is -2.19. The molecule has 1 rings (SSSR count). The summed E-state index contributed by atoms with van der Waals surface area (Å²) < 4.78 is 0. The molecule has 5 heteroatoms. The van der Waals surface area contributed by atoms with Gasteiger partial charge < -0.3 is 10.2 Å². The maximum absolute atomic E-state index is 12.7. The number of Topliss-reactive ketones (excluding diaryl/α,β-unsaturated/α-hetero) is 1. The van der Waals surface area contributed by atoms with Gasteiger partial charge in [-0.3, -0.25) is 9.59 Å². The van der Waals surface area contributed by atoms with Gasteiger partial charge in [0, 0.05) is 17.6 Å². The number of aliphatic carboxylic acids is 2. The molecule has 1 aromatic rings. The number of carbonyl (C=O) groups is 3. The van der Waals surface area contributed by atoms with E-state index in [-0.39, 0.29) is 23.7 Å². The third-order valence-electron chi connectivity index (χ3n) is 4.84. The van der Waals surface area contributed by atoms with Crippen LogP contribution in [0, 0.1) is 12.8 Å². The Balaban J connectivity index is 3.18. The molecule has 0 radical (unpaired) electrons. The Bertz CT molecular complexity index is 685. The van der Waals surface area contributed by atoms with Crippen molar-refractivity contribution in [3.05, 3.63) is 46.5 Å². The summed E-state index contributed by atoms with van der Waals surface area (Å²) in [5, 5.41) is 18.7. The molecule has 2 N–H and O–H groups in total. The first kappa shape index (κ1) is 22.6. The third kappa shape index (κ3) is 7.77. The van der Waals surface area contributed by atoms with Crippen molar-refractivity contribution in [2.75, 3.05) is 0 Å². The van der Waals surface area contributed by atoms with Gasteiger partial charge >= 0.3 is 11.9 Å². The number of allylic oxidation sites excluding steroid dienone is 1. The third-order valence-corrected chi connectivity index (χ3v) is 4.84. The molecule has 1 aromatic carbocycles. The fourth-order valence-electron chi connectivity index (χ4n) is 3.13. The second-order valence-electron chi connectivity index (χ2n) is 7.04. The number of unbranched alkanes of at least 4 members (excludes halogenated alkanes) is 1. The van der Waals surface area contributed by atoms with E-state index in [1.807, 2.05) is 26.0 Å². The van der Waals surface area contributed by atoms with Crippen molar-refractivity contribution in [1.29, 1.82) is 0 Å². The number of rotatable bonds is 12. The number of carbonyl (C=O) groups excluding carboxylic acids is 1. The van der Waals surface area contributed by atoms with Gasteiger partial charge in [-0.15, -0.1) is 0 Å². The Morgan fingerprint density at radius 2 is 1.63 bits per heavy atom. The van der Waals surface area contributed by atoms with Gasteiger partial charge in [-0.1, -0.05) is 74.9 Å². The van der Waals surface area contributed by atoms with Crippen LogP contribution in [0.2, 0.25) is 0 Å². The van der Waals surface area contributed by atoms with Gasteiger partial charge in [0.05, 0.1) is 6.42 Å². The average Bonchev–Trinajstić information content (AvgIpc) is 2.62. The van der Waals surface area contributed by atoms with Gasteiger partial charge in [0.25, 0.3) is 0 Å². The van der Waals surface area contributed by atoms with E-state index in [0.29, 0.717) is 17.6 Å². The molecule has 1 atom stereocenters. The van der Waals surface area contributed by atoms with Gasteiger partial charge in [0.2, 0.25) is 0 Å². The maximum Gasteiger partial charge on any atom is 0.332 e. The quantitative estimate of drug-likeness (QED) is 0.395. The molecule has 5 nitrogen and oxygen atoms in total. The molecular weight excluding hydrogens is 344 g/mol. The fraction of sp³-hybridized carbons (Fsp3) is 0.500. The van der Waals surface area contributed by atoms with Gasteiger partial charge in [-0.05, 0) is 19.3 Å². The van der Waals surface area contributed by atoms with Crippen molar-refractivity contribution >= 4 is 17.7 Å². The van der Waals surface area contributed by atoms with E-state index in [2.05, 4.69) is 6.92 Å². The first-order valence-corrected chi connectivity index (χ1v) is 9.54. The Morgan fingerprint density at radius 3 is 2.11 bits per heavy atom. The topological polar surface area (TPSA) is 91.7 Å². The number of benzene rings is 1. The molecule has 0 spiro atoms. The molecular formula is C22H30O5. The molecule has 0 aromatic heterocycles. The molecule has 0 fully saturated rings. The smallest absolute Gasteiger partial charge is 0.332 e. The predicted octanol–water partition coefficient (Wildman–Crippen LogP) is 5.03. The number of hydrogen-bond donors (Lipinski definition) is 2. The Kier molecular flexibility index (Phi) is 9.48. The standard InChI is InChI=1S/C22H30O5/c1-4-6-7-16(5-2)12-18(19(22(26)27)14-21(24)25)13-20(23)17-10-8-15(3)9-11-17/h8-11,16H,4-7,12-14H2,1-3H3,(H,24,25)(H,26,27). The van der Waals surface area contributed by atoms with Crippen molar-refractivity contribution in [1.82, 2.24) is 0 Å². The highest BCUT2D eigenvalue weighted by Gasteiger charge is 2.22. The molecule has 0 bridgehead atoms. The van der Waals surface area contributed by atoms with Crippen molar-refractivity contribution < 1.29 is 24.6 Å². The maximum atomic E-state index is 12.7. The summed E-state index contributed by atoms with van der Waals surface area (Å²) in [4.78, 5) is 35.5. The Hall–Kier alpha value is -2.43. The van der Waals surface area contributed by atoms with Crippen molar-refractivity contribution in [3.63, 3.8) is 0 Å². The van der Waals surface area contributed by atoms with Crippen molar-refractivity contribution in [2.24, 2.45) is 5.92 Å². The SMILES string of the molecule is CCCCC(CC)CC(CC(=O)c1ccc(C)cc1)=C(CC(=O)O)C(=O)O. The molecule has 0 saturated carbocycles. The normalized spacial score (nSPS) is 13.0. The van der Waals surface area contributed by atoms with Crippen LogP contribution in [0.4, 0.5) is 0 Å². The molecule has 0 saturated heterocycles. The number of aryl methyl sites for hydroxylation is 1. The minimum Gasteiger partial charge on any atom is -0.481 e. The summed E-state index contributed by atoms with van der Waals surface area (Å²) in [6.07, 6.45) is 3.69. The minimum absolute atomic E-state index is 0.0550. The van der Waals surface area contributed by atoms with Crippen LogP contribution in [0.3, 0.4) is 0 Å². The van der Waals surface area contributed by atoms with E-state index in [1.54, 1.807) is 12.1 Å². The van der Waals surface area contributed by atoms with Crippen LogP contribution in [-0.4, -0.2) is 27.9 Å². The van der Waals surface area contributed by atoms with Crippen LogP contribution in [0.25, 0.3) is 0 Å². The summed E-state index contributed by atoms with van der Waals surface area (Å²) >= 11 is 0. The fourth-order valence-corrected chi connectivity index (χ4v) is 3.13. The van der Waals surface area contributed by atoms with E-state index >= 15 is 0 Å². The van der Waals surface area contributed by atoms with E-state index in [9.17, 15) is 19.5 Å². The Labute approximate surface area is 161 Å². The lowest BCUT2D eigenvalue weighted by molar-refractivity contribution is -0.139. The molecule has 0 amide bonds. The average molecular weight is 374 g/mol. The first-order valence-electron chi connectivity index (χ1n) is 9.54. The van der Waals surface area contributed by atoms with Gasteiger partial charge in [-0.25, -0.2) is 4.79 Å². The second-order valence-corrected chi connectivity index (χ2v) is 7.04. The van der Waals surface area contributed by atoms with Crippen LogP contribution in [0.1, 0.15) is 74.7 Å². The zero-order chi connectivity index (χ0) is 20.4. The van der Waals surface area contributed by atoms with Crippen LogP contribution in [0.5, 0.6) is 0 Å². The van der Waals surface area contributed by atoms with Crippen LogP contribution < -0.4 is 0 Å². The molecule has 148 valence electrons. The highest BCUT2D eigenvalue weighted by Crippen LogP contribution is 2.28. The first-order chi connectivity index (χ1) is 12.8. The summed E-state index contributed by atoms with van der Waals surface area (Å²) in [6, 6.07) is 7.12. The number of ketones is 1. The number of carboxylic acid groups (broad SMARTS) is 2. The van der Waals surface area contributed by atoms with Gasteiger partial charge in [0.15, 0.2) is 5.78 Å². The predicted molar refractivity (Wildman–Crippen MR) is 105 cm³/mol. The molecule has 1 unspecified atom stereocenters. The molecule has 27 heavy (non-hydrogen) atoms. The largest absolute Gasteiger partial charge is 0.481 e. The van der Waals surface area contributed by atoms with E-state index in [0.717, 1.165) is 31.2 Å². The lowest BCUT2D eigenvalue weighted by atomic mass is 9.86. The molecule has 0 aliphatic carbocycles. The van der Waals surface area contributed by atoms with Crippen LogP contribution in [0.15, 0.2) is 35.4 Å². The van der Waals surface area contributed by atoms with Crippen molar-refractivity contribution in [3.8, 4) is 0 Å². The molecule has 0 aliphatic rings. The molecule has 0 aliphatic heterocycles. The van der Waals surface area contributed by atoms with E-state index in [4.69, 9.17) is 5.11 Å². The monoisotopic (exact) mass is 374 g/mol. The second kappa shape index (κ2) is 11.3. The highest BCUT2D eigenvalue weighted by atomic mass is 16.4. The molecule has 0 heterocycles. The van der Waals surface area contributed by atoms with E-state index in [1.165, 1.54) is 0 Å². The zero-order valence-electron chi connectivity index (χ0n) is 16.5. The van der Waals surface area contributed by atoms with E-state index < -0.39 is 18.4 Å². The van der Waals surface area contributed by atoms with Crippen LogP contribution >= 0.6 is 0 Å². The van der Waals surface area contributed by atoms with Gasteiger partial charge in [0.1, 0.15) is 0 Å². The van der Waals surface area contributed by atoms with Crippen LogP contribution in [-0.2, 0) is 9.59 Å². The summed E-state index contributed by atoms with van der Waals surface area (Å²) in [5.74, 6) is -2.39. The van der Waals surface area contributed by atoms with Gasteiger partial charge in [-0.2, -0.15) is 0 Å². The number of hydrogen-bond acceptors (Lipinski definition) is 3. The minimum atomic E-state index is -1.26. The Morgan fingerprint density at radius 1 is 1.00 bits per heavy atom.